The maximum Gasteiger partial charge on any atom is 0.0638 e. The maximum atomic E-state index is 9.50. The number of aliphatic hydroxyl groups is 1. The minimum absolute atomic E-state index is 0.0517. The zero-order chi connectivity index (χ0) is 12.5. The number of nitrogens with zero attached hydrogens (tertiary/aromatic N) is 2. The van der Waals surface area contributed by atoms with E-state index in [-0.39, 0.29) is 12.0 Å². The first-order valence-corrected chi connectivity index (χ1v) is 6.38. The van der Waals surface area contributed by atoms with Gasteiger partial charge in [-0.15, -0.1) is 0 Å². The minimum Gasteiger partial charge on any atom is -0.396 e. The minimum atomic E-state index is 0.0517. The van der Waals surface area contributed by atoms with E-state index in [1.165, 1.54) is 12.0 Å². The van der Waals surface area contributed by atoms with Gasteiger partial charge in [0.1, 0.15) is 0 Å². The molecular weight excluding hydrogens is 214 g/mol. The Bertz CT molecular complexity index is 388. The SMILES string of the molecule is Cc1nn(C)cc1CNC1CCCC1(C)CO. The molecule has 1 heterocycles. The van der Waals surface area contributed by atoms with E-state index in [0.29, 0.717) is 6.04 Å². The van der Waals surface area contributed by atoms with E-state index < -0.39 is 0 Å². The van der Waals surface area contributed by atoms with Crippen molar-refractivity contribution in [3.63, 3.8) is 0 Å². The van der Waals surface area contributed by atoms with Crippen LogP contribution in [0.2, 0.25) is 0 Å². The molecule has 1 aromatic heterocycles. The summed E-state index contributed by atoms with van der Waals surface area (Å²) in [5, 5.41) is 17.4. The van der Waals surface area contributed by atoms with Gasteiger partial charge < -0.3 is 10.4 Å². The zero-order valence-electron chi connectivity index (χ0n) is 11.0. The summed E-state index contributed by atoms with van der Waals surface area (Å²) in [6.45, 7) is 5.33. The summed E-state index contributed by atoms with van der Waals surface area (Å²) in [5.41, 5.74) is 2.39. The number of rotatable bonds is 4. The van der Waals surface area contributed by atoms with Crippen molar-refractivity contribution in [2.24, 2.45) is 12.5 Å². The predicted molar refractivity (Wildman–Crippen MR) is 67.6 cm³/mol. The number of hydrogen-bond acceptors (Lipinski definition) is 3. The average molecular weight is 237 g/mol. The van der Waals surface area contributed by atoms with Crippen LogP contribution in [0.1, 0.15) is 37.4 Å². The maximum absolute atomic E-state index is 9.50. The first-order valence-electron chi connectivity index (χ1n) is 6.38. The van der Waals surface area contributed by atoms with Crippen LogP contribution in [0.4, 0.5) is 0 Å². The van der Waals surface area contributed by atoms with Crippen molar-refractivity contribution in [1.29, 1.82) is 0 Å². The summed E-state index contributed by atoms with van der Waals surface area (Å²) in [7, 11) is 1.95. The van der Waals surface area contributed by atoms with Crippen LogP contribution in [0.15, 0.2) is 6.20 Å². The Kier molecular flexibility index (Phi) is 3.54. The molecule has 0 amide bonds. The Morgan fingerprint density at radius 2 is 2.41 bits per heavy atom. The molecule has 0 saturated heterocycles. The Morgan fingerprint density at radius 1 is 1.65 bits per heavy atom. The molecule has 0 radical (unpaired) electrons. The number of hydrogen-bond donors (Lipinski definition) is 2. The third-order valence-electron chi connectivity index (χ3n) is 4.10. The van der Waals surface area contributed by atoms with E-state index in [0.717, 1.165) is 25.1 Å². The molecule has 96 valence electrons. The number of nitrogens with one attached hydrogen (secondary N) is 1. The number of aliphatic hydroxyl groups excluding tert-OH is 1. The molecule has 1 saturated carbocycles. The Hall–Kier alpha value is -0.870. The third-order valence-corrected chi connectivity index (χ3v) is 4.10. The molecule has 0 spiro atoms. The molecule has 2 atom stereocenters. The molecule has 0 aromatic carbocycles. The van der Waals surface area contributed by atoms with Gasteiger partial charge in [-0.3, -0.25) is 4.68 Å². The van der Waals surface area contributed by atoms with E-state index in [4.69, 9.17) is 0 Å². The molecular formula is C13H23N3O. The van der Waals surface area contributed by atoms with Gasteiger partial charge in [-0.1, -0.05) is 13.3 Å². The van der Waals surface area contributed by atoms with Crippen molar-refractivity contribution in [2.75, 3.05) is 6.61 Å². The van der Waals surface area contributed by atoms with Crippen LogP contribution in [0.5, 0.6) is 0 Å². The second-order valence-corrected chi connectivity index (χ2v) is 5.55. The summed E-state index contributed by atoms with van der Waals surface area (Å²) < 4.78 is 1.85. The summed E-state index contributed by atoms with van der Waals surface area (Å²) in [6.07, 6.45) is 5.55. The molecule has 2 N–H and O–H groups in total. The van der Waals surface area contributed by atoms with Crippen LogP contribution in [-0.2, 0) is 13.6 Å². The highest BCUT2D eigenvalue weighted by Crippen LogP contribution is 2.37. The third kappa shape index (κ3) is 2.53. The number of aromatic nitrogens is 2. The lowest BCUT2D eigenvalue weighted by molar-refractivity contribution is 0.118. The van der Waals surface area contributed by atoms with Crippen LogP contribution in [0.3, 0.4) is 0 Å². The van der Waals surface area contributed by atoms with Gasteiger partial charge in [0.15, 0.2) is 0 Å². The van der Waals surface area contributed by atoms with Gasteiger partial charge in [0.2, 0.25) is 0 Å². The smallest absolute Gasteiger partial charge is 0.0638 e. The predicted octanol–water partition coefficient (Wildman–Crippen LogP) is 1.37. The molecule has 1 aliphatic carbocycles. The molecule has 17 heavy (non-hydrogen) atoms. The fraction of sp³-hybridized carbons (Fsp3) is 0.769. The molecule has 2 unspecified atom stereocenters. The quantitative estimate of drug-likeness (QED) is 0.831. The van der Waals surface area contributed by atoms with Crippen LogP contribution in [0.25, 0.3) is 0 Å². The highest BCUT2D eigenvalue weighted by atomic mass is 16.3. The van der Waals surface area contributed by atoms with E-state index >= 15 is 0 Å². The summed E-state index contributed by atoms with van der Waals surface area (Å²) in [4.78, 5) is 0. The first kappa shape index (κ1) is 12.6. The van der Waals surface area contributed by atoms with Crippen LogP contribution >= 0.6 is 0 Å². The molecule has 2 rings (SSSR count). The lowest BCUT2D eigenvalue weighted by atomic mass is 9.86. The molecule has 1 fully saturated rings. The van der Waals surface area contributed by atoms with Gasteiger partial charge >= 0.3 is 0 Å². The molecule has 4 heteroatoms. The van der Waals surface area contributed by atoms with Crippen LogP contribution in [0, 0.1) is 12.3 Å². The molecule has 0 bridgehead atoms. The molecule has 1 aromatic rings. The van der Waals surface area contributed by atoms with Gasteiger partial charge in [0.25, 0.3) is 0 Å². The largest absolute Gasteiger partial charge is 0.396 e. The highest BCUT2D eigenvalue weighted by Gasteiger charge is 2.37. The summed E-state index contributed by atoms with van der Waals surface area (Å²) in [5.74, 6) is 0. The second kappa shape index (κ2) is 4.78. The standard InChI is InChI=1S/C13H23N3O/c1-10-11(8-16(3)15-10)7-14-12-5-4-6-13(12,2)9-17/h8,12,14,17H,4-7,9H2,1-3H3. The van der Waals surface area contributed by atoms with E-state index in [2.05, 4.69) is 23.5 Å². The van der Waals surface area contributed by atoms with Gasteiger partial charge in [0, 0.05) is 43.4 Å². The normalized spacial score (nSPS) is 28.8. The molecule has 4 nitrogen and oxygen atoms in total. The van der Waals surface area contributed by atoms with E-state index in [1.807, 2.05) is 18.7 Å². The monoisotopic (exact) mass is 237 g/mol. The lowest BCUT2D eigenvalue weighted by Crippen LogP contribution is -2.41. The van der Waals surface area contributed by atoms with Gasteiger partial charge in [-0.25, -0.2) is 0 Å². The molecule has 0 aliphatic heterocycles. The topological polar surface area (TPSA) is 50.1 Å². The van der Waals surface area contributed by atoms with Gasteiger partial charge in [-0.2, -0.15) is 5.10 Å². The second-order valence-electron chi connectivity index (χ2n) is 5.55. The number of aryl methyl sites for hydroxylation is 2. The molecule has 1 aliphatic rings. The Labute approximate surface area is 103 Å². The van der Waals surface area contributed by atoms with Crippen molar-refractivity contribution in [1.82, 2.24) is 15.1 Å². The van der Waals surface area contributed by atoms with Crippen molar-refractivity contribution in [3.8, 4) is 0 Å². The van der Waals surface area contributed by atoms with Crippen molar-refractivity contribution in [3.05, 3.63) is 17.5 Å². The van der Waals surface area contributed by atoms with Crippen molar-refractivity contribution in [2.45, 2.75) is 45.7 Å². The lowest BCUT2D eigenvalue weighted by Gasteiger charge is -2.30. The Morgan fingerprint density at radius 3 is 3.00 bits per heavy atom. The van der Waals surface area contributed by atoms with Crippen molar-refractivity contribution < 1.29 is 5.11 Å². The summed E-state index contributed by atoms with van der Waals surface area (Å²) >= 11 is 0. The fourth-order valence-electron chi connectivity index (χ4n) is 2.83. The summed E-state index contributed by atoms with van der Waals surface area (Å²) in [6, 6.07) is 0.423. The average Bonchev–Trinajstić information content (AvgIpc) is 2.80. The van der Waals surface area contributed by atoms with Crippen molar-refractivity contribution >= 4 is 0 Å². The van der Waals surface area contributed by atoms with Gasteiger partial charge in [0.05, 0.1) is 5.69 Å². The zero-order valence-corrected chi connectivity index (χ0v) is 11.0. The fourth-order valence-corrected chi connectivity index (χ4v) is 2.83. The van der Waals surface area contributed by atoms with Crippen LogP contribution < -0.4 is 5.32 Å². The van der Waals surface area contributed by atoms with E-state index in [1.54, 1.807) is 0 Å². The first-order chi connectivity index (χ1) is 8.05. The Balaban J connectivity index is 1.96. The van der Waals surface area contributed by atoms with E-state index in [9.17, 15) is 5.11 Å². The highest BCUT2D eigenvalue weighted by molar-refractivity contribution is 5.15. The van der Waals surface area contributed by atoms with Crippen LogP contribution in [-0.4, -0.2) is 27.5 Å². The van der Waals surface area contributed by atoms with Gasteiger partial charge in [-0.05, 0) is 19.8 Å².